The second kappa shape index (κ2) is 6.27. The lowest BCUT2D eigenvalue weighted by Crippen LogP contribution is -2.05. The minimum absolute atomic E-state index is 0.0498. The Hall–Kier alpha value is -2.95. The van der Waals surface area contributed by atoms with Gasteiger partial charge in [0.2, 0.25) is 0 Å². The maximum atomic E-state index is 13.1. The van der Waals surface area contributed by atoms with Crippen LogP contribution in [0.1, 0.15) is 36.9 Å². The number of halogens is 3. The first-order chi connectivity index (χ1) is 14.2. The van der Waals surface area contributed by atoms with Crippen molar-refractivity contribution in [3.8, 4) is 11.3 Å². The molecule has 4 aromatic heterocycles. The quantitative estimate of drug-likeness (QED) is 0.517. The molecule has 1 atom stereocenters. The molecule has 1 aliphatic rings. The number of fused-ring (bicyclic) bond motifs is 2. The highest BCUT2D eigenvalue weighted by atomic mass is 32.2. The number of aromatic nitrogens is 5. The second-order valence-corrected chi connectivity index (χ2v) is 9.65. The molecule has 1 unspecified atom stereocenters. The molecule has 0 spiro atoms. The molecule has 1 fully saturated rings. The summed E-state index contributed by atoms with van der Waals surface area (Å²) in [6.07, 6.45) is 1.57. The van der Waals surface area contributed by atoms with Crippen molar-refractivity contribution in [3.05, 3.63) is 48.0 Å². The van der Waals surface area contributed by atoms with E-state index < -0.39 is 21.5 Å². The zero-order chi connectivity index (χ0) is 21.3. The van der Waals surface area contributed by atoms with E-state index in [4.69, 9.17) is 4.78 Å². The van der Waals surface area contributed by atoms with Crippen LogP contribution in [0, 0.1) is 4.78 Å². The van der Waals surface area contributed by atoms with Gasteiger partial charge in [-0.15, -0.1) is 0 Å². The molecule has 0 aromatic carbocycles. The van der Waals surface area contributed by atoms with E-state index in [-0.39, 0.29) is 16.5 Å². The van der Waals surface area contributed by atoms with Gasteiger partial charge in [-0.3, -0.25) is 0 Å². The van der Waals surface area contributed by atoms with Crippen LogP contribution in [0.4, 0.5) is 13.2 Å². The van der Waals surface area contributed by atoms with E-state index in [2.05, 4.69) is 15.1 Å². The average molecular weight is 434 g/mol. The third-order valence-corrected chi connectivity index (χ3v) is 6.99. The lowest BCUT2D eigenvalue weighted by Gasteiger charge is -2.05. The Morgan fingerprint density at radius 3 is 2.67 bits per heavy atom. The average Bonchev–Trinajstić information content (AvgIpc) is 3.33. The van der Waals surface area contributed by atoms with Crippen LogP contribution < -0.4 is 0 Å². The summed E-state index contributed by atoms with van der Waals surface area (Å²) in [5.74, 6) is 0.378. The van der Waals surface area contributed by atoms with E-state index in [0.717, 1.165) is 30.8 Å². The lowest BCUT2D eigenvalue weighted by atomic mass is 10.2. The van der Waals surface area contributed by atoms with Gasteiger partial charge in [-0.25, -0.2) is 23.5 Å². The van der Waals surface area contributed by atoms with Crippen molar-refractivity contribution >= 4 is 21.0 Å². The van der Waals surface area contributed by atoms with Gasteiger partial charge in [0.15, 0.2) is 10.7 Å². The predicted molar refractivity (Wildman–Crippen MR) is 104 cm³/mol. The number of imidazole rings is 1. The summed E-state index contributed by atoms with van der Waals surface area (Å²) in [5, 5.41) is 4.54. The zero-order valence-corrected chi connectivity index (χ0v) is 16.7. The van der Waals surface area contributed by atoms with Crippen LogP contribution in [0.15, 0.2) is 41.8 Å². The molecule has 1 aliphatic carbocycles. The second-order valence-electron chi connectivity index (χ2n) is 7.33. The number of nitrogens with one attached hydrogen (secondary N) is 1. The zero-order valence-electron chi connectivity index (χ0n) is 15.8. The van der Waals surface area contributed by atoms with Gasteiger partial charge in [0, 0.05) is 36.0 Å². The SMILES string of the molecule is CCS(=N)(=O)c1nn2c(C3CC3)ccnc2c1-c1cn2cc(C(F)(F)F)ccc2n1. The summed E-state index contributed by atoms with van der Waals surface area (Å²) in [6.45, 7) is 1.64. The molecule has 4 heterocycles. The first kappa shape index (κ1) is 19.0. The molecule has 0 aliphatic heterocycles. The van der Waals surface area contributed by atoms with Crippen molar-refractivity contribution in [3.63, 3.8) is 0 Å². The highest BCUT2D eigenvalue weighted by Crippen LogP contribution is 2.41. The Morgan fingerprint density at radius 2 is 2.00 bits per heavy atom. The number of nitrogens with zero attached hydrogens (tertiary/aromatic N) is 5. The number of hydrogen-bond acceptors (Lipinski definition) is 5. The summed E-state index contributed by atoms with van der Waals surface area (Å²) in [4.78, 5) is 8.81. The van der Waals surface area contributed by atoms with E-state index in [0.29, 0.717) is 22.8 Å². The third kappa shape index (κ3) is 2.95. The van der Waals surface area contributed by atoms with Crippen molar-refractivity contribution in [2.75, 3.05) is 5.75 Å². The van der Waals surface area contributed by atoms with E-state index in [1.165, 1.54) is 16.7 Å². The highest BCUT2D eigenvalue weighted by molar-refractivity contribution is 7.92. The van der Waals surface area contributed by atoms with Crippen molar-refractivity contribution in [1.82, 2.24) is 24.0 Å². The van der Waals surface area contributed by atoms with Gasteiger partial charge in [-0.1, -0.05) is 6.92 Å². The van der Waals surface area contributed by atoms with Gasteiger partial charge in [0.1, 0.15) is 5.65 Å². The number of pyridine rings is 1. The number of hydrogen-bond donors (Lipinski definition) is 1. The van der Waals surface area contributed by atoms with Crippen molar-refractivity contribution in [1.29, 1.82) is 4.78 Å². The fraction of sp³-hybridized carbons (Fsp3) is 0.316. The van der Waals surface area contributed by atoms with Crippen molar-refractivity contribution in [2.45, 2.75) is 36.9 Å². The molecule has 4 aromatic rings. The fourth-order valence-corrected chi connectivity index (χ4v) is 4.52. The van der Waals surface area contributed by atoms with Gasteiger partial charge in [-0.2, -0.15) is 18.3 Å². The Bertz CT molecular complexity index is 1400. The Morgan fingerprint density at radius 1 is 1.23 bits per heavy atom. The van der Waals surface area contributed by atoms with Crippen LogP contribution in [0.25, 0.3) is 22.6 Å². The van der Waals surface area contributed by atoms with E-state index in [9.17, 15) is 17.4 Å². The summed E-state index contributed by atoms with van der Waals surface area (Å²) in [7, 11) is -3.23. The van der Waals surface area contributed by atoms with Crippen molar-refractivity contribution < 1.29 is 17.4 Å². The molecule has 11 heteroatoms. The van der Waals surface area contributed by atoms with Crippen LogP contribution in [0.2, 0.25) is 0 Å². The minimum Gasteiger partial charge on any atom is -0.306 e. The topological polar surface area (TPSA) is 88.4 Å². The number of alkyl halides is 3. The van der Waals surface area contributed by atoms with Crippen LogP contribution in [0.5, 0.6) is 0 Å². The molecular formula is C19H17F3N6OS. The van der Waals surface area contributed by atoms with Crippen LogP contribution in [0.3, 0.4) is 0 Å². The first-order valence-electron chi connectivity index (χ1n) is 9.39. The van der Waals surface area contributed by atoms with Crippen molar-refractivity contribution in [2.24, 2.45) is 0 Å². The monoisotopic (exact) mass is 434 g/mol. The highest BCUT2D eigenvalue weighted by Gasteiger charge is 2.32. The summed E-state index contributed by atoms with van der Waals surface area (Å²) in [6, 6.07) is 4.09. The van der Waals surface area contributed by atoms with Gasteiger partial charge in [0.25, 0.3) is 0 Å². The summed E-state index contributed by atoms with van der Waals surface area (Å²) < 4.78 is 63.4. The summed E-state index contributed by atoms with van der Waals surface area (Å²) in [5.41, 5.74) is 1.44. The Kier molecular flexibility index (Phi) is 3.98. The van der Waals surface area contributed by atoms with Gasteiger partial charge in [0.05, 0.1) is 26.5 Å². The summed E-state index contributed by atoms with van der Waals surface area (Å²) >= 11 is 0. The van der Waals surface area contributed by atoms with Crippen LogP contribution in [-0.4, -0.2) is 33.9 Å². The molecule has 0 bridgehead atoms. The molecular weight excluding hydrogens is 417 g/mol. The lowest BCUT2D eigenvalue weighted by molar-refractivity contribution is -0.137. The van der Waals surface area contributed by atoms with E-state index in [1.807, 2.05) is 6.07 Å². The maximum Gasteiger partial charge on any atom is 0.417 e. The molecule has 30 heavy (non-hydrogen) atoms. The van der Waals surface area contributed by atoms with Gasteiger partial charge < -0.3 is 4.40 Å². The van der Waals surface area contributed by atoms with Crippen LogP contribution in [-0.2, 0) is 15.9 Å². The molecule has 156 valence electrons. The Labute approximate surface area is 169 Å². The molecule has 5 rings (SSSR count). The third-order valence-electron chi connectivity index (χ3n) is 5.26. The molecule has 1 saturated carbocycles. The smallest absolute Gasteiger partial charge is 0.306 e. The minimum atomic E-state index is -4.48. The maximum absolute atomic E-state index is 13.1. The molecule has 7 nitrogen and oxygen atoms in total. The van der Waals surface area contributed by atoms with E-state index in [1.54, 1.807) is 17.6 Å². The van der Waals surface area contributed by atoms with Crippen LogP contribution >= 0.6 is 0 Å². The number of rotatable bonds is 4. The molecule has 1 N–H and O–H groups in total. The molecule has 0 radical (unpaired) electrons. The van der Waals surface area contributed by atoms with Gasteiger partial charge in [-0.05, 0) is 31.0 Å². The largest absolute Gasteiger partial charge is 0.417 e. The first-order valence-corrected chi connectivity index (χ1v) is 11.1. The predicted octanol–water partition coefficient (Wildman–Crippen LogP) is 4.37. The Balaban J connectivity index is 1.79. The van der Waals surface area contributed by atoms with E-state index >= 15 is 0 Å². The standard InChI is InChI=1S/C19H17F3N6OS/c1-2-30(23,29)18-16(17-24-8-7-14(11-3-4-11)28(17)26-18)13-10-27-9-12(19(20,21)22)5-6-15(27)25-13/h5-11,23H,2-4H2,1H3. The van der Waals surface area contributed by atoms with Gasteiger partial charge >= 0.3 is 6.18 Å². The normalized spacial score (nSPS) is 16.9. The fourth-order valence-electron chi connectivity index (χ4n) is 3.50. The molecule has 0 amide bonds. The molecule has 0 saturated heterocycles.